The normalized spacial score (nSPS) is 20.1. The molecule has 0 bridgehead atoms. The number of aromatic amines is 1. The Morgan fingerprint density at radius 1 is 1.03 bits per heavy atom. The van der Waals surface area contributed by atoms with Crippen molar-refractivity contribution in [2.24, 2.45) is 11.8 Å². The number of nitrogens with one attached hydrogen (secondary N) is 1. The Hall–Kier alpha value is -3.70. The maximum absolute atomic E-state index is 13.5. The maximum Gasteiger partial charge on any atom is 0.416 e. The zero-order chi connectivity index (χ0) is 24.0. The van der Waals surface area contributed by atoms with Gasteiger partial charge in [-0.15, -0.1) is 5.10 Å². The highest BCUT2D eigenvalue weighted by atomic mass is 19.4. The van der Waals surface area contributed by atoms with Crippen LogP contribution in [0.5, 0.6) is 0 Å². The number of amides is 2. The van der Waals surface area contributed by atoms with Crippen LogP contribution in [0.4, 0.5) is 22.4 Å². The summed E-state index contributed by atoms with van der Waals surface area (Å²) in [6.45, 7) is 1.21. The number of H-pyrrole nitrogens is 1. The molecule has 34 heavy (non-hydrogen) atoms. The SMILES string of the molecule is O=C(OCc1cc(F)cc(C(F)(F)F)c1)N1C[C@@H]2CN(C(=O)c3ccc4[nH]nnc4c3)C[C@@H]2C1. The van der Waals surface area contributed by atoms with Crippen LogP contribution in [0.25, 0.3) is 11.0 Å². The van der Waals surface area contributed by atoms with E-state index in [0.29, 0.717) is 43.3 Å². The van der Waals surface area contributed by atoms with Crippen molar-refractivity contribution in [1.82, 2.24) is 25.2 Å². The third-order valence-corrected chi connectivity index (χ3v) is 6.25. The fourth-order valence-corrected chi connectivity index (χ4v) is 4.60. The molecule has 2 aromatic carbocycles. The van der Waals surface area contributed by atoms with Crippen molar-refractivity contribution in [2.45, 2.75) is 12.8 Å². The first-order chi connectivity index (χ1) is 16.2. The third kappa shape index (κ3) is 4.27. The summed E-state index contributed by atoms with van der Waals surface area (Å²) in [5, 5.41) is 10.4. The number of nitrogens with zero attached hydrogens (tertiary/aromatic N) is 4. The van der Waals surface area contributed by atoms with Gasteiger partial charge in [0.05, 0.1) is 11.1 Å². The summed E-state index contributed by atoms with van der Waals surface area (Å²) in [6, 6.07) is 7.18. The number of carbonyl (C=O) groups is 2. The summed E-state index contributed by atoms with van der Waals surface area (Å²) in [5.41, 5.74) is 0.616. The Labute approximate surface area is 190 Å². The first-order valence-corrected chi connectivity index (χ1v) is 10.6. The molecule has 2 aliphatic rings. The Morgan fingerprint density at radius 2 is 1.74 bits per heavy atom. The van der Waals surface area contributed by atoms with Gasteiger partial charge in [0.15, 0.2) is 0 Å². The van der Waals surface area contributed by atoms with Crippen LogP contribution in [0.2, 0.25) is 0 Å². The van der Waals surface area contributed by atoms with Gasteiger partial charge < -0.3 is 14.5 Å². The highest BCUT2D eigenvalue weighted by Crippen LogP contribution is 2.33. The van der Waals surface area contributed by atoms with Gasteiger partial charge >= 0.3 is 12.3 Å². The minimum absolute atomic E-state index is 0.0679. The van der Waals surface area contributed by atoms with E-state index >= 15 is 0 Å². The van der Waals surface area contributed by atoms with E-state index in [1.54, 1.807) is 23.1 Å². The van der Waals surface area contributed by atoms with Crippen molar-refractivity contribution in [3.63, 3.8) is 0 Å². The summed E-state index contributed by atoms with van der Waals surface area (Å²) >= 11 is 0. The molecule has 3 aromatic rings. The number of aromatic nitrogens is 3. The van der Waals surface area contributed by atoms with E-state index in [2.05, 4.69) is 15.4 Å². The molecule has 0 saturated carbocycles. The predicted molar refractivity (Wildman–Crippen MR) is 110 cm³/mol. The van der Waals surface area contributed by atoms with Crippen LogP contribution >= 0.6 is 0 Å². The largest absolute Gasteiger partial charge is 0.445 e. The molecule has 0 aliphatic carbocycles. The Balaban J connectivity index is 1.16. The van der Waals surface area contributed by atoms with Gasteiger partial charge in [-0.25, -0.2) is 9.18 Å². The van der Waals surface area contributed by atoms with E-state index in [1.165, 1.54) is 4.90 Å². The van der Waals surface area contributed by atoms with Crippen molar-refractivity contribution in [2.75, 3.05) is 26.2 Å². The lowest BCUT2D eigenvalue weighted by atomic mass is 10.0. The number of hydrogen-bond acceptors (Lipinski definition) is 5. The molecule has 1 aromatic heterocycles. The number of carbonyl (C=O) groups excluding carboxylic acids is 2. The third-order valence-electron chi connectivity index (χ3n) is 6.25. The summed E-state index contributed by atoms with van der Waals surface area (Å²) in [7, 11) is 0. The van der Waals surface area contributed by atoms with Crippen molar-refractivity contribution in [3.8, 4) is 0 Å². The van der Waals surface area contributed by atoms with Gasteiger partial charge in [-0.2, -0.15) is 13.2 Å². The molecular formula is C22H19F4N5O3. The molecule has 2 aliphatic heterocycles. The fourth-order valence-electron chi connectivity index (χ4n) is 4.60. The standard InChI is InChI=1S/C22H19F4N5O3/c23-17-4-12(3-16(6-17)22(24,25)26)11-34-21(33)31-9-14-7-30(8-15(14)10-31)20(32)13-1-2-18-19(5-13)28-29-27-18/h1-6,14-15H,7-11H2,(H,27,28,29)/t14-,15+. The van der Waals surface area contributed by atoms with Crippen LogP contribution in [0.15, 0.2) is 36.4 Å². The molecule has 2 saturated heterocycles. The number of alkyl halides is 3. The number of halogens is 4. The van der Waals surface area contributed by atoms with Crippen LogP contribution in [-0.4, -0.2) is 63.4 Å². The van der Waals surface area contributed by atoms with Crippen LogP contribution in [-0.2, 0) is 17.5 Å². The van der Waals surface area contributed by atoms with Crippen molar-refractivity contribution in [1.29, 1.82) is 0 Å². The number of ether oxygens (including phenoxy) is 1. The zero-order valence-corrected chi connectivity index (χ0v) is 17.7. The zero-order valence-electron chi connectivity index (χ0n) is 17.7. The quantitative estimate of drug-likeness (QED) is 0.584. The lowest BCUT2D eigenvalue weighted by Crippen LogP contribution is -2.35. The summed E-state index contributed by atoms with van der Waals surface area (Å²) in [4.78, 5) is 28.6. The summed E-state index contributed by atoms with van der Waals surface area (Å²) in [6.07, 6.45) is -5.38. The second kappa shape index (κ2) is 8.26. The average molecular weight is 477 g/mol. The molecule has 3 heterocycles. The minimum atomic E-state index is -4.70. The van der Waals surface area contributed by atoms with Crippen LogP contribution < -0.4 is 0 Å². The lowest BCUT2D eigenvalue weighted by Gasteiger charge is -2.21. The minimum Gasteiger partial charge on any atom is -0.445 e. The van der Waals surface area contributed by atoms with E-state index in [-0.39, 0.29) is 23.3 Å². The topological polar surface area (TPSA) is 91.4 Å². The van der Waals surface area contributed by atoms with E-state index in [1.807, 2.05) is 0 Å². The van der Waals surface area contributed by atoms with Gasteiger partial charge in [-0.3, -0.25) is 9.89 Å². The molecule has 1 N–H and O–H groups in total. The highest BCUT2D eigenvalue weighted by Gasteiger charge is 2.43. The molecule has 2 amide bonds. The van der Waals surface area contributed by atoms with Gasteiger partial charge in [-0.05, 0) is 42.0 Å². The van der Waals surface area contributed by atoms with Crippen molar-refractivity contribution in [3.05, 3.63) is 58.9 Å². The smallest absolute Gasteiger partial charge is 0.416 e. The number of likely N-dealkylation sites (tertiary alicyclic amines) is 2. The molecule has 178 valence electrons. The predicted octanol–water partition coefficient (Wildman–Crippen LogP) is 3.46. The summed E-state index contributed by atoms with van der Waals surface area (Å²) in [5.74, 6) is -1.04. The van der Waals surface area contributed by atoms with Gasteiger partial charge in [0.25, 0.3) is 5.91 Å². The first kappa shape index (κ1) is 22.1. The van der Waals surface area contributed by atoms with Gasteiger partial charge in [0.2, 0.25) is 0 Å². The Morgan fingerprint density at radius 3 is 2.44 bits per heavy atom. The number of rotatable bonds is 3. The summed E-state index contributed by atoms with van der Waals surface area (Å²) < 4.78 is 57.2. The molecular weight excluding hydrogens is 458 g/mol. The van der Waals surface area contributed by atoms with Gasteiger partial charge in [-0.1, -0.05) is 5.21 Å². The number of fused-ring (bicyclic) bond motifs is 2. The molecule has 0 unspecified atom stereocenters. The molecule has 8 nitrogen and oxygen atoms in total. The molecule has 2 atom stereocenters. The fraction of sp³-hybridized carbons (Fsp3) is 0.364. The Kier molecular flexibility index (Phi) is 5.37. The molecule has 5 rings (SSSR count). The van der Waals surface area contributed by atoms with Gasteiger partial charge in [0.1, 0.15) is 17.9 Å². The monoisotopic (exact) mass is 477 g/mol. The maximum atomic E-state index is 13.5. The van der Waals surface area contributed by atoms with Gasteiger partial charge in [0, 0.05) is 43.6 Å². The first-order valence-electron chi connectivity index (χ1n) is 10.6. The van der Waals surface area contributed by atoms with E-state index < -0.39 is 30.3 Å². The molecule has 0 spiro atoms. The second-order valence-corrected chi connectivity index (χ2v) is 8.58. The molecule has 12 heteroatoms. The van der Waals surface area contributed by atoms with E-state index in [9.17, 15) is 27.2 Å². The number of hydrogen-bond donors (Lipinski definition) is 1. The highest BCUT2D eigenvalue weighted by molar-refractivity contribution is 5.97. The van der Waals surface area contributed by atoms with E-state index in [4.69, 9.17) is 4.74 Å². The molecule has 0 radical (unpaired) electrons. The Bertz CT molecular complexity index is 1250. The van der Waals surface area contributed by atoms with Crippen LogP contribution in [0.3, 0.4) is 0 Å². The lowest BCUT2D eigenvalue weighted by molar-refractivity contribution is -0.137. The van der Waals surface area contributed by atoms with Crippen molar-refractivity contribution >= 4 is 23.0 Å². The average Bonchev–Trinajstić information content (AvgIpc) is 3.50. The van der Waals surface area contributed by atoms with Crippen molar-refractivity contribution < 1.29 is 31.9 Å². The van der Waals surface area contributed by atoms with Crippen LogP contribution in [0, 0.1) is 17.7 Å². The second-order valence-electron chi connectivity index (χ2n) is 8.58. The van der Waals surface area contributed by atoms with Crippen LogP contribution in [0.1, 0.15) is 21.5 Å². The number of benzene rings is 2. The van der Waals surface area contributed by atoms with E-state index in [0.717, 1.165) is 17.6 Å². The molecule has 2 fully saturated rings.